The summed E-state index contributed by atoms with van der Waals surface area (Å²) in [6.45, 7) is 0.724. The maximum absolute atomic E-state index is 6.11. The van der Waals surface area contributed by atoms with Crippen molar-refractivity contribution in [2.75, 3.05) is 0 Å². The van der Waals surface area contributed by atoms with E-state index >= 15 is 0 Å². The van der Waals surface area contributed by atoms with Gasteiger partial charge in [-0.1, -0.05) is 46.9 Å². The second kappa shape index (κ2) is 6.49. The molecule has 2 rings (SSSR count). The molecule has 0 saturated carbocycles. The molecule has 0 amide bonds. The molecule has 0 aliphatic carbocycles. The molecule has 0 radical (unpaired) electrons. The summed E-state index contributed by atoms with van der Waals surface area (Å²) < 4.78 is 5.67. The largest absolute Gasteiger partial charge is 0.489 e. The van der Waals surface area contributed by atoms with Crippen molar-refractivity contribution in [2.45, 2.75) is 13.2 Å². The first-order valence-electron chi connectivity index (χ1n) is 5.66. The van der Waals surface area contributed by atoms with Crippen LogP contribution in [0.4, 0.5) is 0 Å². The first-order valence-corrected chi connectivity index (χ1v) is 6.79. The Labute approximate surface area is 127 Å². The maximum atomic E-state index is 6.11. The van der Waals surface area contributed by atoms with Crippen LogP contribution in [0.5, 0.6) is 5.75 Å². The molecule has 2 aromatic carbocycles. The average molecular weight is 317 g/mol. The molecular formula is C14H12Cl3NO. The molecule has 0 fully saturated rings. The van der Waals surface area contributed by atoms with Gasteiger partial charge in [-0.05, 0) is 29.8 Å². The van der Waals surface area contributed by atoms with Crippen LogP contribution in [0.2, 0.25) is 15.1 Å². The van der Waals surface area contributed by atoms with Crippen LogP contribution in [0.3, 0.4) is 0 Å². The summed E-state index contributed by atoms with van der Waals surface area (Å²) in [5.74, 6) is 0.718. The Morgan fingerprint density at radius 1 is 1.00 bits per heavy atom. The summed E-state index contributed by atoms with van der Waals surface area (Å²) in [6.07, 6.45) is 0. The van der Waals surface area contributed by atoms with Gasteiger partial charge in [0, 0.05) is 17.1 Å². The molecule has 19 heavy (non-hydrogen) atoms. The van der Waals surface area contributed by atoms with Crippen molar-refractivity contribution in [2.24, 2.45) is 5.73 Å². The van der Waals surface area contributed by atoms with Gasteiger partial charge in [0.1, 0.15) is 12.4 Å². The predicted molar refractivity (Wildman–Crippen MR) is 80.1 cm³/mol. The number of rotatable bonds is 4. The highest BCUT2D eigenvalue weighted by molar-refractivity contribution is 6.44. The van der Waals surface area contributed by atoms with Crippen LogP contribution in [0.25, 0.3) is 0 Å². The molecule has 0 spiro atoms. The summed E-state index contributed by atoms with van der Waals surface area (Å²) in [5.41, 5.74) is 7.25. The topological polar surface area (TPSA) is 35.2 Å². The number of hydrogen-bond donors (Lipinski definition) is 1. The standard InChI is InChI=1S/C14H12Cl3NO/c15-12-4-5-13(16)14(17)11(12)8-19-10-3-1-2-9(6-10)7-18/h1-6H,7-8,18H2. The summed E-state index contributed by atoms with van der Waals surface area (Å²) in [6, 6.07) is 10.9. The van der Waals surface area contributed by atoms with Gasteiger partial charge in [-0.2, -0.15) is 0 Å². The number of benzene rings is 2. The van der Waals surface area contributed by atoms with Crippen LogP contribution in [-0.2, 0) is 13.2 Å². The van der Waals surface area contributed by atoms with Crippen LogP contribution in [-0.4, -0.2) is 0 Å². The van der Waals surface area contributed by atoms with E-state index in [0.29, 0.717) is 27.2 Å². The van der Waals surface area contributed by atoms with Gasteiger partial charge in [-0.3, -0.25) is 0 Å². The van der Waals surface area contributed by atoms with Crippen molar-refractivity contribution in [3.8, 4) is 5.75 Å². The third kappa shape index (κ3) is 3.54. The van der Waals surface area contributed by atoms with E-state index in [-0.39, 0.29) is 6.61 Å². The Kier molecular flexibility index (Phi) is 4.94. The van der Waals surface area contributed by atoms with Crippen LogP contribution in [0.15, 0.2) is 36.4 Å². The fourth-order valence-electron chi connectivity index (χ4n) is 1.62. The fraction of sp³-hybridized carbons (Fsp3) is 0.143. The Morgan fingerprint density at radius 3 is 2.47 bits per heavy atom. The molecule has 0 bridgehead atoms. The zero-order chi connectivity index (χ0) is 13.8. The summed E-state index contributed by atoms with van der Waals surface area (Å²) in [7, 11) is 0. The van der Waals surface area contributed by atoms with Gasteiger partial charge in [0.2, 0.25) is 0 Å². The van der Waals surface area contributed by atoms with Crippen LogP contribution >= 0.6 is 34.8 Å². The lowest BCUT2D eigenvalue weighted by molar-refractivity contribution is 0.306. The van der Waals surface area contributed by atoms with Crippen LogP contribution in [0.1, 0.15) is 11.1 Å². The van der Waals surface area contributed by atoms with Gasteiger partial charge in [0.25, 0.3) is 0 Å². The van der Waals surface area contributed by atoms with Gasteiger partial charge in [0.05, 0.1) is 10.0 Å². The molecule has 0 aliphatic rings. The van der Waals surface area contributed by atoms with Crippen molar-refractivity contribution >= 4 is 34.8 Å². The monoisotopic (exact) mass is 315 g/mol. The molecular weight excluding hydrogens is 305 g/mol. The van der Waals surface area contributed by atoms with Crippen LogP contribution < -0.4 is 10.5 Å². The molecule has 0 aromatic heterocycles. The Morgan fingerprint density at radius 2 is 1.74 bits per heavy atom. The Balaban J connectivity index is 2.16. The number of hydrogen-bond acceptors (Lipinski definition) is 2. The fourth-order valence-corrected chi connectivity index (χ4v) is 2.28. The Bertz CT molecular complexity index is 587. The van der Waals surface area contributed by atoms with Gasteiger partial charge >= 0.3 is 0 Å². The van der Waals surface area contributed by atoms with E-state index in [1.165, 1.54) is 0 Å². The minimum atomic E-state index is 0.256. The minimum absolute atomic E-state index is 0.256. The van der Waals surface area contributed by atoms with Gasteiger partial charge in [-0.15, -0.1) is 0 Å². The lowest BCUT2D eigenvalue weighted by Crippen LogP contribution is -2.00. The molecule has 0 heterocycles. The van der Waals surface area contributed by atoms with E-state index in [0.717, 1.165) is 11.3 Å². The molecule has 2 nitrogen and oxygen atoms in total. The summed E-state index contributed by atoms with van der Waals surface area (Å²) in [4.78, 5) is 0. The molecule has 0 atom stereocenters. The zero-order valence-corrected chi connectivity index (χ0v) is 12.3. The lowest BCUT2D eigenvalue weighted by atomic mass is 10.2. The van der Waals surface area contributed by atoms with E-state index in [4.69, 9.17) is 45.3 Å². The molecule has 0 saturated heterocycles. The molecule has 2 N–H and O–H groups in total. The van der Waals surface area contributed by atoms with Crippen molar-refractivity contribution in [1.29, 1.82) is 0 Å². The third-order valence-corrected chi connectivity index (χ3v) is 3.85. The highest BCUT2D eigenvalue weighted by Gasteiger charge is 2.10. The molecule has 0 aliphatic heterocycles. The first-order chi connectivity index (χ1) is 9.11. The zero-order valence-electron chi connectivity index (χ0n) is 10.00. The second-order valence-electron chi connectivity index (χ2n) is 3.96. The van der Waals surface area contributed by atoms with Crippen molar-refractivity contribution < 1.29 is 4.74 Å². The first kappa shape index (κ1) is 14.5. The second-order valence-corrected chi connectivity index (χ2v) is 5.15. The smallest absolute Gasteiger partial charge is 0.120 e. The van der Waals surface area contributed by atoms with Gasteiger partial charge < -0.3 is 10.5 Å². The van der Waals surface area contributed by atoms with E-state index < -0.39 is 0 Å². The third-order valence-electron chi connectivity index (χ3n) is 2.66. The lowest BCUT2D eigenvalue weighted by Gasteiger charge is -2.11. The van der Waals surface area contributed by atoms with Gasteiger partial charge in [-0.25, -0.2) is 0 Å². The number of halogens is 3. The minimum Gasteiger partial charge on any atom is -0.489 e. The molecule has 2 aromatic rings. The van der Waals surface area contributed by atoms with E-state index in [1.807, 2.05) is 24.3 Å². The summed E-state index contributed by atoms with van der Waals surface area (Å²) >= 11 is 18.1. The van der Waals surface area contributed by atoms with Crippen molar-refractivity contribution in [3.05, 3.63) is 62.6 Å². The molecule has 0 unspecified atom stereocenters. The maximum Gasteiger partial charge on any atom is 0.120 e. The molecule has 100 valence electrons. The normalized spacial score (nSPS) is 10.5. The highest BCUT2D eigenvalue weighted by atomic mass is 35.5. The van der Waals surface area contributed by atoms with E-state index in [2.05, 4.69) is 0 Å². The van der Waals surface area contributed by atoms with E-state index in [9.17, 15) is 0 Å². The average Bonchev–Trinajstić information content (AvgIpc) is 2.43. The highest BCUT2D eigenvalue weighted by Crippen LogP contribution is 2.32. The number of ether oxygens (including phenoxy) is 1. The van der Waals surface area contributed by atoms with Crippen molar-refractivity contribution in [1.82, 2.24) is 0 Å². The quantitative estimate of drug-likeness (QED) is 0.831. The SMILES string of the molecule is NCc1cccc(OCc2c(Cl)ccc(Cl)c2Cl)c1. The van der Waals surface area contributed by atoms with E-state index in [1.54, 1.807) is 12.1 Å². The van der Waals surface area contributed by atoms with Crippen molar-refractivity contribution in [3.63, 3.8) is 0 Å². The van der Waals surface area contributed by atoms with Crippen LogP contribution in [0, 0.1) is 0 Å². The number of nitrogens with two attached hydrogens (primary N) is 1. The van der Waals surface area contributed by atoms with Gasteiger partial charge in [0.15, 0.2) is 0 Å². The molecule has 5 heteroatoms. The summed E-state index contributed by atoms with van der Waals surface area (Å²) in [5, 5.41) is 1.41. The Hall–Kier alpha value is -0.930. The predicted octanol–water partition coefficient (Wildman–Crippen LogP) is 4.68.